The van der Waals surface area contributed by atoms with Crippen LogP contribution in [-0.4, -0.2) is 48.1 Å². The van der Waals surface area contributed by atoms with Crippen molar-refractivity contribution >= 4 is 16.8 Å². The molecule has 1 aliphatic heterocycles. The zero-order valence-electron chi connectivity index (χ0n) is 16.5. The summed E-state index contributed by atoms with van der Waals surface area (Å²) >= 11 is 0. The number of fused-ring (bicyclic) bond motifs is 1. The Morgan fingerprint density at radius 1 is 1.21 bits per heavy atom. The lowest BCUT2D eigenvalue weighted by atomic mass is 9.93. The van der Waals surface area contributed by atoms with Gasteiger partial charge >= 0.3 is 0 Å². The van der Waals surface area contributed by atoms with Gasteiger partial charge in [-0.2, -0.15) is 0 Å². The highest BCUT2D eigenvalue weighted by Gasteiger charge is 2.28. The Kier molecular flexibility index (Phi) is 5.20. The van der Waals surface area contributed by atoms with Crippen LogP contribution >= 0.6 is 0 Å². The van der Waals surface area contributed by atoms with E-state index in [0.29, 0.717) is 35.7 Å². The van der Waals surface area contributed by atoms with Gasteiger partial charge in [-0.1, -0.05) is 6.07 Å². The van der Waals surface area contributed by atoms with Crippen LogP contribution in [0.2, 0.25) is 0 Å². The Morgan fingerprint density at radius 2 is 2.07 bits per heavy atom. The maximum Gasteiger partial charge on any atom is 0.274 e. The van der Waals surface area contributed by atoms with Crippen LogP contribution < -0.4 is 15.0 Å². The van der Waals surface area contributed by atoms with Gasteiger partial charge in [-0.15, -0.1) is 0 Å². The van der Waals surface area contributed by atoms with Crippen molar-refractivity contribution in [2.24, 2.45) is 0 Å². The third-order valence-corrected chi connectivity index (χ3v) is 5.41. The summed E-state index contributed by atoms with van der Waals surface area (Å²) in [6.45, 7) is 1.21. The van der Waals surface area contributed by atoms with E-state index in [1.807, 2.05) is 23.1 Å². The first-order valence-corrected chi connectivity index (χ1v) is 9.60. The minimum absolute atomic E-state index is 0.0641. The van der Waals surface area contributed by atoms with Gasteiger partial charge in [0.25, 0.3) is 11.5 Å². The maximum atomic E-state index is 13.2. The molecule has 1 fully saturated rings. The fourth-order valence-electron chi connectivity index (χ4n) is 3.90. The average molecular weight is 393 g/mol. The quantitative estimate of drug-likeness (QED) is 0.737. The summed E-state index contributed by atoms with van der Waals surface area (Å²) in [7, 11) is 3.11. The summed E-state index contributed by atoms with van der Waals surface area (Å²) in [6.07, 6.45) is 3.38. The maximum absolute atomic E-state index is 13.2. The number of rotatable bonds is 4. The molecule has 1 atom stereocenters. The van der Waals surface area contributed by atoms with E-state index in [1.165, 1.54) is 0 Å². The normalized spacial score (nSPS) is 16.6. The highest BCUT2D eigenvalue weighted by atomic mass is 16.5. The van der Waals surface area contributed by atoms with Crippen LogP contribution in [0.15, 0.2) is 47.4 Å². The van der Waals surface area contributed by atoms with Gasteiger partial charge in [0, 0.05) is 42.4 Å². The molecule has 1 aliphatic rings. The Balaban J connectivity index is 1.60. The van der Waals surface area contributed by atoms with Crippen molar-refractivity contribution in [3.8, 4) is 11.5 Å². The topological polar surface area (TPSA) is 84.5 Å². The molecule has 7 heteroatoms. The van der Waals surface area contributed by atoms with Crippen LogP contribution in [0.5, 0.6) is 11.5 Å². The molecule has 29 heavy (non-hydrogen) atoms. The number of nitrogens with zero attached hydrogens (tertiary/aromatic N) is 2. The monoisotopic (exact) mass is 393 g/mol. The van der Waals surface area contributed by atoms with E-state index < -0.39 is 0 Å². The smallest absolute Gasteiger partial charge is 0.274 e. The number of aromatic nitrogens is 2. The molecule has 1 aromatic carbocycles. The largest absolute Gasteiger partial charge is 0.497 e. The number of methoxy groups -OCH3 is 2. The number of benzene rings is 1. The number of amides is 1. The SMILES string of the molecule is COc1ccc(C(=O)N2CCC[C@H](c3cc4cccnc4c(=O)[nH]3)C2)c(OC)c1. The zero-order chi connectivity index (χ0) is 20.4. The Labute approximate surface area is 168 Å². The molecule has 150 valence electrons. The first-order valence-electron chi connectivity index (χ1n) is 9.60. The van der Waals surface area contributed by atoms with Crippen molar-refractivity contribution in [1.82, 2.24) is 14.9 Å². The number of ether oxygens (including phenoxy) is 2. The minimum atomic E-state index is -0.196. The van der Waals surface area contributed by atoms with Crippen LogP contribution in [-0.2, 0) is 0 Å². The fourth-order valence-corrected chi connectivity index (χ4v) is 3.90. The molecule has 0 saturated carbocycles. The molecule has 1 amide bonds. The van der Waals surface area contributed by atoms with Crippen molar-refractivity contribution in [3.63, 3.8) is 0 Å². The summed E-state index contributed by atoms with van der Waals surface area (Å²) in [5.74, 6) is 1.10. The highest BCUT2D eigenvalue weighted by molar-refractivity contribution is 5.97. The lowest BCUT2D eigenvalue weighted by Gasteiger charge is -2.33. The number of H-pyrrole nitrogens is 1. The Bertz CT molecular complexity index is 1110. The Morgan fingerprint density at radius 3 is 2.86 bits per heavy atom. The van der Waals surface area contributed by atoms with E-state index in [2.05, 4.69) is 9.97 Å². The zero-order valence-corrected chi connectivity index (χ0v) is 16.5. The van der Waals surface area contributed by atoms with Crippen LogP contribution in [0.3, 0.4) is 0 Å². The molecule has 4 rings (SSSR count). The molecule has 1 N–H and O–H groups in total. The number of piperidine rings is 1. The van der Waals surface area contributed by atoms with Gasteiger partial charge in [0.2, 0.25) is 0 Å². The second-order valence-electron chi connectivity index (χ2n) is 7.15. The number of hydrogen-bond donors (Lipinski definition) is 1. The van der Waals surface area contributed by atoms with Crippen molar-refractivity contribution < 1.29 is 14.3 Å². The van der Waals surface area contributed by atoms with Crippen molar-refractivity contribution in [3.05, 3.63) is 64.2 Å². The average Bonchev–Trinajstić information content (AvgIpc) is 2.78. The predicted molar refractivity (Wildman–Crippen MR) is 110 cm³/mol. The molecule has 0 spiro atoms. The molecule has 7 nitrogen and oxygen atoms in total. The summed E-state index contributed by atoms with van der Waals surface area (Å²) in [6, 6.07) is 10.9. The fraction of sp³-hybridized carbons (Fsp3) is 0.318. The molecule has 3 heterocycles. The van der Waals surface area contributed by atoms with E-state index >= 15 is 0 Å². The van der Waals surface area contributed by atoms with Gasteiger partial charge in [-0.25, -0.2) is 0 Å². The van der Waals surface area contributed by atoms with Gasteiger partial charge < -0.3 is 19.4 Å². The van der Waals surface area contributed by atoms with Gasteiger partial charge in [-0.05, 0) is 37.1 Å². The number of aromatic amines is 1. The molecule has 3 aromatic rings. The summed E-state index contributed by atoms with van der Waals surface area (Å²) in [5, 5.41) is 0.812. The van der Waals surface area contributed by atoms with E-state index in [0.717, 1.165) is 23.9 Å². The third kappa shape index (κ3) is 3.68. The third-order valence-electron chi connectivity index (χ3n) is 5.41. The number of carbonyl (C=O) groups excluding carboxylic acids is 1. The summed E-state index contributed by atoms with van der Waals surface area (Å²) in [5.41, 5.74) is 1.58. The van der Waals surface area contributed by atoms with E-state index in [1.54, 1.807) is 38.6 Å². The second kappa shape index (κ2) is 7.95. The number of nitrogens with one attached hydrogen (secondary N) is 1. The lowest BCUT2D eigenvalue weighted by molar-refractivity contribution is 0.0702. The minimum Gasteiger partial charge on any atom is -0.497 e. The number of pyridine rings is 2. The number of likely N-dealkylation sites (tertiary alicyclic amines) is 1. The molecule has 0 bridgehead atoms. The van der Waals surface area contributed by atoms with Gasteiger partial charge in [0.1, 0.15) is 17.0 Å². The molecular formula is C22H23N3O4. The van der Waals surface area contributed by atoms with Crippen LogP contribution in [0.4, 0.5) is 0 Å². The lowest BCUT2D eigenvalue weighted by Crippen LogP contribution is -2.39. The standard InChI is InChI=1S/C22H23N3O4/c1-28-16-7-8-17(19(12-16)29-2)22(27)25-10-4-6-15(13-25)18-11-14-5-3-9-23-20(14)21(26)24-18/h3,5,7-9,11-12,15H,4,6,10,13H2,1-2H3,(H,24,26)/t15-/m0/s1. The summed E-state index contributed by atoms with van der Waals surface area (Å²) < 4.78 is 10.6. The number of hydrogen-bond acceptors (Lipinski definition) is 5. The predicted octanol–water partition coefficient (Wildman–Crippen LogP) is 2.96. The van der Waals surface area contributed by atoms with E-state index in [9.17, 15) is 9.59 Å². The van der Waals surface area contributed by atoms with Gasteiger partial charge in [-0.3, -0.25) is 14.6 Å². The molecule has 0 unspecified atom stereocenters. The van der Waals surface area contributed by atoms with Gasteiger partial charge in [0.15, 0.2) is 0 Å². The van der Waals surface area contributed by atoms with Crippen molar-refractivity contribution in [2.45, 2.75) is 18.8 Å². The molecule has 0 radical (unpaired) electrons. The van der Waals surface area contributed by atoms with E-state index in [-0.39, 0.29) is 17.4 Å². The van der Waals surface area contributed by atoms with Gasteiger partial charge in [0.05, 0.1) is 19.8 Å². The first kappa shape index (κ1) is 19.0. The highest BCUT2D eigenvalue weighted by Crippen LogP contribution is 2.30. The number of carbonyl (C=O) groups is 1. The molecule has 0 aliphatic carbocycles. The summed E-state index contributed by atoms with van der Waals surface area (Å²) in [4.78, 5) is 34.5. The first-order chi connectivity index (χ1) is 14.1. The van der Waals surface area contributed by atoms with Crippen molar-refractivity contribution in [2.75, 3.05) is 27.3 Å². The van der Waals surface area contributed by atoms with Crippen LogP contribution in [0.25, 0.3) is 10.9 Å². The van der Waals surface area contributed by atoms with Crippen LogP contribution in [0, 0.1) is 0 Å². The second-order valence-corrected chi connectivity index (χ2v) is 7.15. The molecule has 1 saturated heterocycles. The molecule has 2 aromatic heterocycles. The van der Waals surface area contributed by atoms with Crippen LogP contribution in [0.1, 0.15) is 34.8 Å². The van der Waals surface area contributed by atoms with E-state index in [4.69, 9.17) is 9.47 Å². The van der Waals surface area contributed by atoms with Crippen molar-refractivity contribution in [1.29, 1.82) is 0 Å². The molecular weight excluding hydrogens is 370 g/mol. The Hall–Kier alpha value is -3.35.